The Morgan fingerprint density at radius 2 is 2.20 bits per heavy atom. The molecule has 1 aromatic heterocycles. The molecule has 0 aliphatic carbocycles. The second-order valence-corrected chi connectivity index (χ2v) is 6.56. The molecule has 1 saturated heterocycles. The van der Waals surface area contributed by atoms with Crippen LogP contribution in [0, 0.1) is 0 Å². The average Bonchev–Trinajstić information content (AvgIpc) is 3.28. The van der Waals surface area contributed by atoms with Gasteiger partial charge >= 0.3 is 6.03 Å². The van der Waals surface area contributed by atoms with E-state index in [0.717, 1.165) is 31.0 Å². The molecule has 3 heterocycles. The first kappa shape index (κ1) is 15.8. The number of urea groups is 1. The van der Waals surface area contributed by atoms with Crippen molar-refractivity contribution in [3.63, 3.8) is 0 Å². The number of hydrogen-bond donors (Lipinski definition) is 1. The van der Waals surface area contributed by atoms with Crippen LogP contribution >= 0.6 is 0 Å². The summed E-state index contributed by atoms with van der Waals surface area (Å²) >= 11 is 0. The van der Waals surface area contributed by atoms with E-state index in [1.165, 1.54) is 5.56 Å². The number of aryl methyl sites for hydroxylation is 1. The Morgan fingerprint density at radius 3 is 3.00 bits per heavy atom. The molecule has 25 heavy (non-hydrogen) atoms. The highest BCUT2D eigenvalue weighted by molar-refractivity contribution is 5.74. The number of benzene rings is 1. The molecule has 2 atom stereocenters. The smallest absolute Gasteiger partial charge is 0.317 e. The molecule has 1 N–H and O–H groups in total. The van der Waals surface area contributed by atoms with Crippen LogP contribution in [0.3, 0.4) is 0 Å². The maximum absolute atomic E-state index is 12.4. The molecular weight excluding hydrogens is 320 g/mol. The number of rotatable bonds is 3. The van der Waals surface area contributed by atoms with Gasteiger partial charge in [0, 0.05) is 32.3 Å². The van der Waals surface area contributed by atoms with Crippen molar-refractivity contribution in [1.82, 2.24) is 20.0 Å². The van der Waals surface area contributed by atoms with E-state index in [0.29, 0.717) is 19.1 Å². The first-order chi connectivity index (χ1) is 12.2. The van der Waals surface area contributed by atoms with E-state index < -0.39 is 0 Å². The average molecular weight is 342 g/mol. The number of likely N-dealkylation sites (tertiary alicyclic amines) is 1. The lowest BCUT2D eigenvalue weighted by atomic mass is 10.0. The van der Waals surface area contributed by atoms with E-state index in [9.17, 15) is 4.79 Å². The summed E-state index contributed by atoms with van der Waals surface area (Å²) < 4.78 is 13.3. The Bertz CT molecular complexity index is 760. The number of fused-ring (bicyclic) bond motifs is 1. The number of para-hydroxylation sites is 2. The lowest BCUT2D eigenvalue weighted by Crippen LogP contribution is -2.45. The van der Waals surface area contributed by atoms with Gasteiger partial charge in [-0.2, -0.15) is 5.10 Å². The van der Waals surface area contributed by atoms with Gasteiger partial charge in [-0.15, -0.1) is 0 Å². The number of amides is 2. The second kappa shape index (κ2) is 6.66. The predicted octanol–water partition coefficient (Wildman–Crippen LogP) is 1.76. The zero-order valence-corrected chi connectivity index (χ0v) is 14.2. The summed E-state index contributed by atoms with van der Waals surface area (Å²) in [4.78, 5) is 14.3. The summed E-state index contributed by atoms with van der Waals surface area (Å²) in [5, 5.41) is 7.18. The number of aromatic nitrogens is 2. The molecule has 0 radical (unpaired) electrons. The molecule has 0 spiro atoms. The zero-order chi connectivity index (χ0) is 17.2. The molecule has 0 bridgehead atoms. The fraction of sp³-hybridized carbons (Fsp3) is 0.444. The quantitative estimate of drug-likeness (QED) is 0.923. The van der Waals surface area contributed by atoms with E-state index in [2.05, 4.69) is 10.4 Å². The third-order valence-electron chi connectivity index (χ3n) is 4.72. The fourth-order valence-electron chi connectivity index (χ4n) is 3.34. The number of hydrogen-bond acceptors (Lipinski definition) is 4. The number of carbonyl (C=O) groups excluding carboxylic acids is 1. The predicted molar refractivity (Wildman–Crippen MR) is 91.9 cm³/mol. The van der Waals surface area contributed by atoms with Gasteiger partial charge in [-0.1, -0.05) is 12.1 Å². The van der Waals surface area contributed by atoms with Crippen LogP contribution in [0.15, 0.2) is 36.7 Å². The standard InChI is InChI=1S/C18H22N4O3/c1-21-10-14(8-20-21)13-6-7-22(11-13)18(23)19-9-15-12-24-16-4-2-3-5-17(16)25-15/h2-5,8,10,13,15H,6-7,9,11-12H2,1H3,(H,19,23). The summed E-state index contributed by atoms with van der Waals surface area (Å²) in [6.45, 7) is 2.36. The van der Waals surface area contributed by atoms with Crippen LogP contribution in [-0.4, -0.2) is 53.1 Å². The zero-order valence-electron chi connectivity index (χ0n) is 14.2. The molecular formula is C18H22N4O3. The minimum atomic E-state index is -0.171. The van der Waals surface area contributed by atoms with Crippen molar-refractivity contribution in [2.75, 3.05) is 26.2 Å². The van der Waals surface area contributed by atoms with Crippen LogP contribution < -0.4 is 14.8 Å². The molecule has 2 aromatic rings. The van der Waals surface area contributed by atoms with E-state index in [-0.39, 0.29) is 12.1 Å². The third-order valence-corrected chi connectivity index (χ3v) is 4.72. The molecule has 2 aliphatic heterocycles. The summed E-state index contributed by atoms with van der Waals surface area (Å²) in [7, 11) is 1.91. The maximum Gasteiger partial charge on any atom is 0.317 e. The summed E-state index contributed by atoms with van der Waals surface area (Å²) in [6.07, 6.45) is 4.71. The molecule has 132 valence electrons. The van der Waals surface area contributed by atoms with Crippen molar-refractivity contribution < 1.29 is 14.3 Å². The molecule has 7 nitrogen and oxygen atoms in total. The Labute approximate surface area is 146 Å². The van der Waals surface area contributed by atoms with E-state index in [1.54, 1.807) is 4.68 Å². The van der Waals surface area contributed by atoms with Crippen LogP contribution in [-0.2, 0) is 7.05 Å². The van der Waals surface area contributed by atoms with Crippen molar-refractivity contribution in [2.45, 2.75) is 18.4 Å². The SMILES string of the molecule is Cn1cc(C2CCN(C(=O)NCC3COc4ccccc4O3)C2)cn1. The van der Waals surface area contributed by atoms with Gasteiger partial charge < -0.3 is 19.7 Å². The maximum atomic E-state index is 12.4. The van der Waals surface area contributed by atoms with E-state index >= 15 is 0 Å². The minimum Gasteiger partial charge on any atom is -0.486 e. The van der Waals surface area contributed by atoms with Gasteiger partial charge in [0.25, 0.3) is 0 Å². The largest absolute Gasteiger partial charge is 0.486 e. The first-order valence-electron chi connectivity index (χ1n) is 8.59. The van der Waals surface area contributed by atoms with Crippen molar-refractivity contribution in [2.24, 2.45) is 7.05 Å². The second-order valence-electron chi connectivity index (χ2n) is 6.56. The van der Waals surface area contributed by atoms with E-state index in [4.69, 9.17) is 9.47 Å². The van der Waals surface area contributed by atoms with E-state index in [1.807, 2.05) is 48.6 Å². The van der Waals surface area contributed by atoms with Crippen molar-refractivity contribution in [1.29, 1.82) is 0 Å². The molecule has 2 unspecified atom stereocenters. The highest BCUT2D eigenvalue weighted by Crippen LogP contribution is 2.31. The van der Waals surface area contributed by atoms with Crippen molar-refractivity contribution >= 4 is 6.03 Å². The van der Waals surface area contributed by atoms with Gasteiger partial charge in [0.1, 0.15) is 6.61 Å². The van der Waals surface area contributed by atoms with Gasteiger partial charge in [-0.3, -0.25) is 4.68 Å². The van der Waals surface area contributed by atoms with Crippen LogP contribution in [0.5, 0.6) is 11.5 Å². The van der Waals surface area contributed by atoms with Crippen molar-refractivity contribution in [3.05, 3.63) is 42.2 Å². The molecule has 2 amide bonds. The van der Waals surface area contributed by atoms with Crippen LogP contribution in [0.4, 0.5) is 4.79 Å². The highest BCUT2D eigenvalue weighted by atomic mass is 16.6. The van der Waals surface area contributed by atoms with Gasteiger partial charge in [0.05, 0.1) is 12.7 Å². The van der Waals surface area contributed by atoms with Crippen LogP contribution in [0.1, 0.15) is 17.9 Å². The van der Waals surface area contributed by atoms with Crippen molar-refractivity contribution in [3.8, 4) is 11.5 Å². The molecule has 4 rings (SSSR count). The number of carbonyl (C=O) groups is 1. The Morgan fingerprint density at radius 1 is 1.36 bits per heavy atom. The molecule has 0 saturated carbocycles. The highest BCUT2D eigenvalue weighted by Gasteiger charge is 2.29. The topological polar surface area (TPSA) is 68.6 Å². The third kappa shape index (κ3) is 3.40. The van der Waals surface area contributed by atoms with Gasteiger partial charge in [-0.25, -0.2) is 4.79 Å². The Kier molecular flexibility index (Phi) is 4.21. The van der Waals surface area contributed by atoms with Gasteiger partial charge in [0.2, 0.25) is 0 Å². The summed E-state index contributed by atoms with van der Waals surface area (Å²) in [6, 6.07) is 7.53. The summed E-state index contributed by atoms with van der Waals surface area (Å²) in [5.74, 6) is 1.84. The normalized spacial score (nSPS) is 22.0. The Hall–Kier alpha value is -2.70. The molecule has 1 fully saturated rings. The van der Waals surface area contributed by atoms with Gasteiger partial charge in [-0.05, 0) is 24.1 Å². The molecule has 7 heteroatoms. The summed E-state index contributed by atoms with van der Waals surface area (Å²) in [5.41, 5.74) is 1.19. The Balaban J connectivity index is 1.27. The monoisotopic (exact) mass is 342 g/mol. The van der Waals surface area contributed by atoms with Gasteiger partial charge in [0.15, 0.2) is 17.6 Å². The number of ether oxygens (including phenoxy) is 2. The first-order valence-corrected chi connectivity index (χ1v) is 8.59. The number of nitrogens with zero attached hydrogens (tertiary/aromatic N) is 3. The van der Waals surface area contributed by atoms with Crippen LogP contribution in [0.2, 0.25) is 0 Å². The fourth-order valence-corrected chi connectivity index (χ4v) is 3.34. The molecule has 2 aliphatic rings. The minimum absolute atomic E-state index is 0.0474. The number of nitrogens with one attached hydrogen (secondary N) is 1. The lowest BCUT2D eigenvalue weighted by Gasteiger charge is -2.27. The molecule has 1 aromatic carbocycles. The van der Waals surface area contributed by atoms with Crippen LogP contribution in [0.25, 0.3) is 0 Å². The lowest BCUT2D eigenvalue weighted by molar-refractivity contribution is 0.0905.